The van der Waals surface area contributed by atoms with E-state index in [1.54, 1.807) is 12.5 Å². The molecule has 1 aliphatic carbocycles. The van der Waals surface area contributed by atoms with E-state index in [1.165, 1.54) is 22.3 Å². The van der Waals surface area contributed by atoms with Crippen molar-refractivity contribution in [3.05, 3.63) is 77.2 Å². The Balaban J connectivity index is 1.43. The molecule has 0 atom stereocenters. The lowest BCUT2D eigenvalue weighted by molar-refractivity contribution is 0.215. The Morgan fingerprint density at radius 2 is 1.46 bits per heavy atom. The fraction of sp³-hybridized carbons (Fsp3) is 0.238. The number of fused-ring (bicyclic) bond motifs is 3. The molecule has 0 unspecified atom stereocenters. The zero-order valence-corrected chi connectivity index (χ0v) is 15.1. The van der Waals surface area contributed by atoms with Crippen LogP contribution in [0.3, 0.4) is 0 Å². The third kappa shape index (κ3) is 2.49. The maximum Gasteiger partial charge on any atom is 0.150 e. The molecule has 130 valence electrons. The predicted octanol–water partition coefficient (Wildman–Crippen LogP) is 4.02. The van der Waals surface area contributed by atoms with Gasteiger partial charge in [-0.2, -0.15) is 0 Å². The van der Waals surface area contributed by atoms with Crippen LogP contribution in [0, 0.1) is 0 Å². The highest BCUT2D eigenvalue weighted by Crippen LogP contribution is 2.46. The molecule has 0 spiro atoms. The smallest absolute Gasteiger partial charge is 0.150 e. The summed E-state index contributed by atoms with van der Waals surface area (Å²) in [6, 6.07) is 17.9. The van der Waals surface area contributed by atoms with Gasteiger partial charge >= 0.3 is 0 Å². The SMILES string of the molecule is Clc1cncnc1N1CCN(C2c3ccccc3-c3ccccc32)CC1. The number of anilines is 1. The molecular formula is C21H19ClN4. The van der Waals surface area contributed by atoms with Gasteiger partial charge in [-0.05, 0) is 22.3 Å². The Morgan fingerprint density at radius 1 is 0.846 bits per heavy atom. The first-order chi connectivity index (χ1) is 12.8. The molecule has 0 saturated carbocycles. The van der Waals surface area contributed by atoms with Crippen LogP contribution in [0.4, 0.5) is 5.82 Å². The molecule has 2 heterocycles. The summed E-state index contributed by atoms with van der Waals surface area (Å²) in [4.78, 5) is 13.2. The summed E-state index contributed by atoms with van der Waals surface area (Å²) in [5.74, 6) is 0.841. The highest BCUT2D eigenvalue weighted by atomic mass is 35.5. The minimum Gasteiger partial charge on any atom is -0.353 e. The number of nitrogens with zero attached hydrogens (tertiary/aromatic N) is 4. The van der Waals surface area contributed by atoms with E-state index in [9.17, 15) is 0 Å². The van der Waals surface area contributed by atoms with E-state index in [-0.39, 0.29) is 0 Å². The van der Waals surface area contributed by atoms with Crippen LogP contribution < -0.4 is 4.90 Å². The Morgan fingerprint density at radius 3 is 2.08 bits per heavy atom. The summed E-state index contributed by atoms with van der Waals surface area (Å²) in [6.45, 7) is 3.79. The van der Waals surface area contributed by atoms with Crippen molar-refractivity contribution in [2.45, 2.75) is 6.04 Å². The summed E-state index contributed by atoms with van der Waals surface area (Å²) in [5.41, 5.74) is 5.58. The van der Waals surface area contributed by atoms with Crippen molar-refractivity contribution >= 4 is 17.4 Å². The monoisotopic (exact) mass is 362 g/mol. The van der Waals surface area contributed by atoms with Gasteiger partial charge in [0.15, 0.2) is 5.82 Å². The Labute approximate surface area is 158 Å². The van der Waals surface area contributed by atoms with Crippen molar-refractivity contribution in [2.75, 3.05) is 31.1 Å². The van der Waals surface area contributed by atoms with E-state index >= 15 is 0 Å². The van der Waals surface area contributed by atoms with Gasteiger partial charge in [-0.15, -0.1) is 0 Å². The maximum absolute atomic E-state index is 6.27. The summed E-state index contributed by atoms with van der Waals surface area (Å²) in [7, 11) is 0. The second-order valence-corrected chi connectivity index (χ2v) is 7.20. The van der Waals surface area contributed by atoms with Crippen molar-refractivity contribution in [1.82, 2.24) is 14.9 Å². The van der Waals surface area contributed by atoms with Gasteiger partial charge in [0.2, 0.25) is 0 Å². The van der Waals surface area contributed by atoms with E-state index in [1.807, 2.05) is 0 Å². The predicted molar refractivity (Wildman–Crippen MR) is 105 cm³/mol. The average Bonchev–Trinajstić information content (AvgIpc) is 3.03. The van der Waals surface area contributed by atoms with E-state index in [2.05, 4.69) is 68.3 Å². The van der Waals surface area contributed by atoms with E-state index < -0.39 is 0 Å². The molecule has 1 saturated heterocycles. The molecular weight excluding hydrogens is 344 g/mol. The molecule has 2 aromatic carbocycles. The first-order valence-electron chi connectivity index (χ1n) is 8.95. The zero-order valence-electron chi connectivity index (χ0n) is 14.3. The fourth-order valence-corrected chi connectivity index (χ4v) is 4.48. The molecule has 1 aromatic heterocycles. The molecule has 1 aliphatic heterocycles. The third-order valence-electron chi connectivity index (χ3n) is 5.43. The van der Waals surface area contributed by atoms with Crippen LogP contribution in [-0.4, -0.2) is 41.0 Å². The van der Waals surface area contributed by atoms with Gasteiger partial charge in [-0.25, -0.2) is 9.97 Å². The molecule has 0 radical (unpaired) electrons. The molecule has 4 nitrogen and oxygen atoms in total. The molecule has 5 rings (SSSR count). The highest BCUT2D eigenvalue weighted by molar-refractivity contribution is 6.32. The maximum atomic E-state index is 6.27. The molecule has 0 bridgehead atoms. The minimum absolute atomic E-state index is 0.338. The van der Waals surface area contributed by atoms with Crippen molar-refractivity contribution in [3.8, 4) is 11.1 Å². The van der Waals surface area contributed by atoms with Crippen molar-refractivity contribution < 1.29 is 0 Å². The zero-order chi connectivity index (χ0) is 17.5. The van der Waals surface area contributed by atoms with Crippen LogP contribution >= 0.6 is 11.6 Å². The van der Waals surface area contributed by atoms with Gasteiger partial charge in [0.05, 0.1) is 12.2 Å². The number of hydrogen-bond acceptors (Lipinski definition) is 4. The van der Waals surface area contributed by atoms with Gasteiger partial charge in [0, 0.05) is 26.2 Å². The topological polar surface area (TPSA) is 32.3 Å². The first-order valence-corrected chi connectivity index (χ1v) is 9.33. The molecule has 1 fully saturated rings. The average molecular weight is 363 g/mol. The van der Waals surface area contributed by atoms with Crippen LogP contribution in [0.5, 0.6) is 0 Å². The quantitative estimate of drug-likeness (QED) is 0.689. The van der Waals surface area contributed by atoms with Gasteiger partial charge in [0.25, 0.3) is 0 Å². The van der Waals surface area contributed by atoms with E-state index in [4.69, 9.17) is 11.6 Å². The lowest BCUT2D eigenvalue weighted by Crippen LogP contribution is -2.48. The lowest BCUT2D eigenvalue weighted by Gasteiger charge is -2.39. The summed E-state index contributed by atoms with van der Waals surface area (Å²) in [5, 5.41) is 0.623. The molecule has 5 heteroatoms. The van der Waals surface area contributed by atoms with Gasteiger partial charge < -0.3 is 4.90 Å². The van der Waals surface area contributed by atoms with Crippen LogP contribution in [0.1, 0.15) is 17.2 Å². The van der Waals surface area contributed by atoms with Crippen LogP contribution in [-0.2, 0) is 0 Å². The van der Waals surface area contributed by atoms with Crippen molar-refractivity contribution in [1.29, 1.82) is 0 Å². The molecule has 26 heavy (non-hydrogen) atoms. The highest BCUT2D eigenvalue weighted by Gasteiger charge is 2.34. The normalized spacial score (nSPS) is 17.2. The van der Waals surface area contributed by atoms with Crippen molar-refractivity contribution in [3.63, 3.8) is 0 Å². The first kappa shape index (κ1) is 15.8. The van der Waals surface area contributed by atoms with Gasteiger partial charge in [0.1, 0.15) is 11.3 Å². The van der Waals surface area contributed by atoms with Crippen LogP contribution in [0.2, 0.25) is 5.02 Å². The summed E-state index contributed by atoms with van der Waals surface area (Å²) in [6.07, 6.45) is 3.23. The second kappa shape index (κ2) is 6.38. The number of aromatic nitrogens is 2. The molecule has 0 amide bonds. The second-order valence-electron chi connectivity index (χ2n) is 6.79. The fourth-order valence-electron chi connectivity index (χ4n) is 4.25. The lowest BCUT2D eigenvalue weighted by atomic mass is 10.0. The molecule has 0 N–H and O–H groups in total. The summed E-state index contributed by atoms with van der Waals surface area (Å²) >= 11 is 6.27. The van der Waals surface area contributed by atoms with E-state index in [0.29, 0.717) is 11.1 Å². The molecule has 3 aromatic rings. The number of rotatable bonds is 2. The van der Waals surface area contributed by atoms with Crippen LogP contribution in [0.15, 0.2) is 61.1 Å². The Hall–Kier alpha value is -2.43. The third-order valence-corrected chi connectivity index (χ3v) is 5.69. The van der Waals surface area contributed by atoms with Gasteiger partial charge in [-0.3, -0.25) is 4.90 Å². The minimum atomic E-state index is 0.338. The Bertz CT molecular complexity index is 905. The van der Waals surface area contributed by atoms with Gasteiger partial charge in [-0.1, -0.05) is 60.1 Å². The number of hydrogen-bond donors (Lipinski definition) is 0. The number of piperazine rings is 1. The van der Waals surface area contributed by atoms with Crippen molar-refractivity contribution in [2.24, 2.45) is 0 Å². The van der Waals surface area contributed by atoms with Crippen LogP contribution in [0.25, 0.3) is 11.1 Å². The Kier molecular flexibility index (Phi) is 3.88. The summed E-state index contributed by atoms with van der Waals surface area (Å²) < 4.78 is 0. The standard InChI is InChI=1S/C21H19ClN4/c22-19-13-23-14-24-21(19)26-11-9-25(10-12-26)20-17-7-3-1-5-15(17)16-6-2-4-8-18(16)20/h1-8,13-14,20H,9-12H2. The van der Waals surface area contributed by atoms with E-state index in [0.717, 1.165) is 32.0 Å². The largest absolute Gasteiger partial charge is 0.353 e. The number of halogens is 1. The molecule has 2 aliphatic rings. The number of benzene rings is 2.